The topological polar surface area (TPSA) is 61.3 Å². The molecule has 0 amide bonds. The summed E-state index contributed by atoms with van der Waals surface area (Å²) in [5.74, 6) is -0.321. The minimum atomic E-state index is -0.580. The molecule has 0 radical (unpaired) electrons. The highest BCUT2D eigenvalue weighted by Gasteiger charge is 2.19. The van der Waals surface area contributed by atoms with Gasteiger partial charge in [-0.2, -0.15) is 4.98 Å². The first-order valence-electron chi connectivity index (χ1n) is 5.60. The second kappa shape index (κ2) is 6.85. The van der Waals surface area contributed by atoms with E-state index in [0.717, 1.165) is 5.56 Å². The number of rotatable bonds is 4. The smallest absolute Gasteiger partial charge is 0.358 e. The van der Waals surface area contributed by atoms with Crippen molar-refractivity contribution in [2.24, 2.45) is 0 Å². The number of hydrogen-bond donors (Lipinski definition) is 0. The van der Waals surface area contributed by atoms with Gasteiger partial charge < -0.3 is 9.47 Å². The average Bonchev–Trinajstić information content (AvgIpc) is 2.48. The first-order valence-corrected chi connectivity index (χ1v) is 7.05. The highest BCUT2D eigenvalue weighted by Crippen LogP contribution is 2.24. The fourth-order valence-electron chi connectivity index (χ4n) is 1.45. The third kappa shape index (κ3) is 3.57. The van der Waals surface area contributed by atoms with Crippen LogP contribution in [-0.4, -0.2) is 23.0 Å². The zero-order valence-corrected chi connectivity index (χ0v) is 13.4. The number of ether oxygens (including phenoxy) is 2. The van der Waals surface area contributed by atoms with E-state index in [-0.39, 0.29) is 16.9 Å². The Morgan fingerprint density at radius 2 is 2.00 bits per heavy atom. The largest absolute Gasteiger partial charge is 0.472 e. The van der Waals surface area contributed by atoms with Gasteiger partial charge in [0.25, 0.3) is 0 Å². The van der Waals surface area contributed by atoms with E-state index < -0.39 is 5.97 Å². The molecule has 0 aliphatic heterocycles. The minimum absolute atomic E-state index is 0.0612. The molecule has 7 heteroatoms. The Kier molecular flexibility index (Phi) is 5.13. The van der Waals surface area contributed by atoms with Crippen LogP contribution < -0.4 is 4.74 Å². The molecule has 0 fully saturated rings. The fourth-order valence-corrected chi connectivity index (χ4v) is 2.23. The van der Waals surface area contributed by atoms with Crippen molar-refractivity contribution in [1.29, 1.82) is 0 Å². The lowest BCUT2D eigenvalue weighted by Crippen LogP contribution is -2.10. The average molecular weight is 405 g/mol. The number of esters is 1. The Morgan fingerprint density at radius 1 is 1.30 bits per heavy atom. The summed E-state index contributed by atoms with van der Waals surface area (Å²) >= 11 is 7.72. The summed E-state index contributed by atoms with van der Waals surface area (Å²) < 4.78 is 10.7. The quantitative estimate of drug-likeness (QED) is 0.445. The molecular weight excluding hydrogens is 395 g/mol. The Morgan fingerprint density at radius 3 is 2.65 bits per heavy atom. The molecule has 2 rings (SSSR count). The molecule has 0 unspecified atom stereocenters. The molecule has 0 N–H and O–H groups in total. The third-order valence-corrected chi connectivity index (χ3v) is 3.53. The number of aromatic nitrogens is 2. The maximum Gasteiger partial charge on any atom is 0.358 e. The van der Waals surface area contributed by atoms with Crippen molar-refractivity contribution in [3.63, 3.8) is 0 Å². The van der Waals surface area contributed by atoms with Crippen LogP contribution in [0.2, 0.25) is 5.28 Å². The fraction of sp³-hybridized carbons (Fsp3) is 0.154. The Hall–Kier alpha value is -1.41. The summed E-state index contributed by atoms with van der Waals surface area (Å²) in [6, 6.07) is 9.60. The summed E-state index contributed by atoms with van der Waals surface area (Å²) in [6.45, 7) is 0.324. The van der Waals surface area contributed by atoms with E-state index >= 15 is 0 Å². The molecule has 104 valence electrons. The van der Waals surface area contributed by atoms with Gasteiger partial charge in [0, 0.05) is 0 Å². The highest BCUT2D eigenvalue weighted by molar-refractivity contribution is 14.1. The summed E-state index contributed by atoms with van der Waals surface area (Å²) in [5, 5.41) is -0.0612. The lowest BCUT2D eigenvalue weighted by atomic mass is 10.2. The molecule has 1 aromatic carbocycles. The van der Waals surface area contributed by atoms with Crippen LogP contribution in [0.4, 0.5) is 0 Å². The van der Waals surface area contributed by atoms with Gasteiger partial charge in [0.1, 0.15) is 10.2 Å². The molecule has 2 aromatic rings. The molecule has 0 aliphatic carbocycles. The molecule has 1 aromatic heterocycles. The normalized spacial score (nSPS) is 10.2. The number of carbonyl (C=O) groups is 1. The monoisotopic (exact) mass is 404 g/mol. The second-order valence-corrected chi connectivity index (χ2v) is 5.14. The van der Waals surface area contributed by atoms with Gasteiger partial charge in [-0.15, -0.1) is 0 Å². The van der Waals surface area contributed by atoms with Gasteiger partial charge in [0.15, 0.2) is 5.69 Å². The van der Waals surface area contributed by atoms with Crippen LogP contribution >= 0.6 is 34.2 Å². The predicted octanol–water partition coefficient (Wildman–Crippen LogP) is 3.10. The Labute approximate surface area is 134 Å². The molecule has 20 heavy (non-hydrogen) atoms. The SMILES string of the molecule is COC(=O)c1nc(Cl)nc(OCc2ccccc2)c1I. The summed E-state index contributed by atoms with van der Waals surface area (Å²) in [7, 11) is 1.28. The van der Waals surface area contributed by atoms with Crippen LogP contribution in [0.1, 0.15) is 16.1 Å². The van der Waals surface area contributed by atoms with Crippen LogP contribution in [0, 0.1) is 3.57 Å². The van der Waals surface area contributed by atoms with Crippen molar-refractivity contribution >= 4 is 40.2 Å². The lowest BCUT2D eigenvalue weighted by Gasteiger charge is -2.09. The van der Waals surface area contributed by atoms with E-state index in [4.69, 9.17) is 16.3 Å². The predicted molar refractivity (Wildman–Crippen MR) is 81.9 cm³/mol. The maximum absolute atomic E-state index is 11.6. The zero-order valence-electron chi connectivity index (χ0n) is 10.5. The van der Waals surface area contributed by atoms with E-state index in [2.05, 4.69) is 14.7 Å². The summed E-state index contributed by atoms with van der Waals surface area (Å²) in [6.07, 6.45) is 0. The van der Waals surface area contributed by atoms with Gasteiger partial charge in [0.2, 0.25) is 11.2 Å². The summed E-state index contributed by atoms with van der Waals surface area (Å²) in [4.78, 5) is 19.4. The molecule has 1 heterocycles. The van der Waals surface area contributed by atoms with E-state index in [1.807, 2.05) is 52.9 Å². The molecule has 5 nitrogen and oxygen atoms in total. The van der Waals surface area contributed by atoms with E-state index in [1.165, 1.54) is 7.11 Å². The van der Waals surface area contributed by atoms with Gasteiger partial charge in [0.05, 0.1) is 7.11 Å². The Balaban J connectivity index is 2.23. The third-order valence-electron chi connectivity index (χ3n) is 2.39. The van der Waals surface area contributed by atoms with Crippen molar-refractivity contribution in [1.82, 2.24) is 9.97 Å². The molecule has 0 saturated heterocycles. The molecule has 0 aliphatic rings. The lowest BCUT2D eigenvalue weighted by molar-refractivity contribution is 0.0591. The number of hydrogen-bond acceptors (Lipinski definition) is 5. The van der Waals surface area contributed by atoms with Crippen LogP contribution in [0.3, 0.4) is 0 Å². The first-order chi connectivity index (χ1) is 9.61. The van der Waals surface area contributed by atoms with Crippen molar-refractivity contribution in [3.8, 4) is 5.88 Å². The van der Waals surface area contributed by atoms with Gasteiger partial charge in [-0.3, -0.25) is 0 Å². The second-order valence-electron chi connectivity index (χ2n) is 3.73. The molecule has 0 spiro atoms. The summed E-state index contributed by atoms with van der Waals surface area (Å²) in [5.41, 5.74) is 1.08. The number of carbonyl (C=O) groups excluding carboxylic acids is 1. The first kappa shape index (κ1) is 15.0. The number of benzene rings is 1. The van der Waals surface area contributed by atoms with Crippen molar-refractivity contribution in [3.05, 3.63) is 50.4 Å². The van der Waals surface area contributed by atoms with Crippen molar-refractivity contribution in [2.45, 2.75) is 6.61 Å². The van der Waals surface area contributed by atoms with Crippen molar-refractivity contribution in [2.75, 3.05) is 7.11 Å². The van der Waals surface area contributed by atoms with E-state index in [0.29, 0.717) is 10.2 Å². The number of nitrogens with zero attached hydrogens (tertiary/aromatic N) is 2. The van der Waals surface area contributed by atoms with Crippen LogP contribution in [0.5, 0.6) is 5.88 Å². The highest BCUT2D eigenvalue weighted by atomic mass is 127. The van der Waals surface area contributed by atoms with Gasteiger partial charge in [-0.05, 0) is 39.8 Å². The van der Waals surface area contributed by atoms with Crippen LogP contribution in [0.15, 0.2) is 30.3 Å². The molecule has 0 saturated carbocycles. The van der Waals surface area contributed by atoms with Crippen LogP contribution in [-0.2, 0) is 11.3 Å². The van der Waals surface area contributed by atoms with Gasteiger partial charge in [-0.25, -0.2) is 9.78 Å². The van der Waals surface area contributed by atoms with Crippen molar-refractivity contribution < 1.29 is 14.3 Å². The van der Waals surface area contributed by atoms with Gasteiger partial charge >= 0.3 is 5.97 Å². The Bertz CT molecular complexity index is 623. The minimum Gasteiger partial charge on any atom is -0.472 e. The van der Waals surface area contributed by atoms with Gasteiger partial charge in [-0.1, -0.05) is 30.3 Å². The molecular formula is C13H10ClIN2O3. The van der Waals surface area contributed by atoms with E-state index in [1.54, 1.807) is 0 Å². The zero-order chi connectivity index (χ0) is 14.5. The standard InChI is InChI=1S/C13H10ClIN2O3/c1-19-12(18)10-9(15)11(17-13(14)16-10)20-7-8-5-3-2-4-6-8/h2-6H,7H2,1H3. The number of methoxy groups -OCH3 is 1. The maximum atomic E-state index is 11.6. The molecule has 0 atom stereocenters. The molecule has 0 bridgehead atoms. The number of halogens is 2. The van der Waals surface area contributed by atoms with Crippen LogP contribution in [0.25, 0.3) is 0 Å². The van der Waals surface area contributed by atoms with E-state index in [9.17, 15) is 4.79 Å².